The number of Topliss-reactive ketones (excluding diaryl/α,β-unsaturated/α-hetero) is 1. The molecule has 0 radical (unpaired) electrons. The molecule has 5 heteroatoms. The number of phenols is 1. The summed E-state index contributed by atoms with van der Waals surface area (Å²) in [7, 11) is 0. The van der Waals surface area contributed by atoms with Crippen LogP contribution in [-0.4, -0.2) is 23.5 Å². The summed E-state index contributed by atoms with van der Waals surface area (Å²) in [5.74, 6) is -0.773. The Labute approximate surface area is 141 Å². The average molecular weight is 327 g/mol. The molecular formula is C19H21NO4. The molecule has 0 aromatic heterocycles. The minimum Gasteiger partial charge on any atom is -0.508 e. The van der Waals surface area contributed by atoms with Crippen molar-refractivity contribution in [1.29, 1.82) is 0 Å². The van der Waals surface area contributed by atoms with Crippen LogP contribution in [0.15, 0.2) is 46.8 Å². The van der Waals surface area contributed by atoms with E-state index in [1.807, 2.05) is 13.0 Å². The van der Waals surface area contributed by atoms with Crippen molar-refractivity contribution >= 4 is 11.8 Å². The molecule has 0 saturated heterocycles. The molecule has 0 unspecified atom stereocenters. The lowest BCUT2D eigenvalue weighted by Crippen LogP contribution is -2.34. The molecule has 2 N–H and O–H groups in total. The van der Waals surface area contributed by atoms with Gasteiger partial charge in [-0.25, -0.2) is 4.79 Å². The maximum absolute atomic E-state index is 12.6. The Morgan fingerprint density at radius 2 is 2.17 bits per heavy atom. The van der Waals surface area contributed by atoms with Gasteiger partial charge in [-0.2, -0.15) is 0 Å². The van der Waals surface area contributed by atoms with E-state index in [1.54, 1.807) is 25.1 Å². The van der Waals surface area contributed by atoms with Gasteiger partial charge in [0.2, 0.25) is 0 Å². The highest BCUT2D eigenvalue weighted by molar-refractivity contribution is 6.03. The molecule has 1 aliphatic heterocycles. The first-order chi connectivity index (χ1) is 11.5. The van der Waals surface area contributed by atoms with Crippen molar-refractivity contribution in [2.24, 2.45) is 0 Å². The number of dihydropyridines is 1. The van der Waals surface area contributed by atoms with Gasteiger partial charge in [-0.05, 0) is 44.4 Å². The van der Waals surface area contributed by atoms with Crippen molar-refractivity contribution < 1.29 is 19.4 Å². The van der Waals surface area contributed by atoms with Crippen LogP contribution in [0.2, 0.25) is 0 Å². The minimum absolute atomic E-state index is 0.0476. The Bertz CT molecular complexity index is 760. The van der Waals surface area contributed by atoms with Crippen molar-refractivity contribution in [3.63, 3.8) is 0 Å². The molecule has 126 valence electrons. The van der Waals surface area contributed by atoms with Crippen LogP contribution < -0.4 is 5.32 Å². The number of allylic oxidation sites excluding steroid dienone is 3. The number of hydrogen-bond donors (Lipinski definition) is 2. The predicted octanol–water partition coefficient (Wildman–Crippen LogP) is 2.92. The van der Waals surface area contributed by atoms with E-state index in [0.29, 0.717) is 23.3 Å². The molecule has 3 rings (SSSR count). The minimum atomic E-state index is -0.500. The Hall–Kier alpha value is -2.56. The molecule has 1 heterocycles. The fourth-order valence-electron chi connectivity index (χ4n) is 3.50. The van der Waals surface area contributed by atoms with E-state index < -0.39 is 11.9 Å². The van der Waals surface area contributed by atoms with E-state index in [-0.39, 0.29) is 18.1 Å². The van der Waals surface area contributed by atoms with E-state index in [1.165, 1.54) is 0 Å². The SMILES string of the molecule is CCOC(=O)C1=C(C)NC2=C(C(=O)CCC2)[C@H]1c1cccc(O)c1. The highest BCUT2D eigenvalue weighted by Gasteiger charge is 2.39. The van der Waals surface area contributed by atoms with Gasteiger partial charge in [0, 0.05) is 29.3 Å². The molecule has 0 bridgehead atoms. The van der Waals surface area contributed by atoms with Gasteiger partial charge < -0.3 is 15.2 Å². The molecule has 1 aromatic carbocycles. The fraction of sp³-hybridized carbons (Fsp3) is 0.368. The molecule has 0 fully saturated rings. The molecule has 1 aromatic rings. The Morgan fingerprint density at radius 1 is 1.38 bits per heavy atom. The summed E-state index contributed by atoms with van der Waals surface area (Å²) in [6.07, 6.45) is 2.06. The lowest BCUT2D eigenvalue weighted by atomic mass is 9.75. The number of ketones is 1. The second-order valence-corrected chi connectivity index (χ2v) is 6.08. The summed E-state index contributed by atoms with van der Waals surface area (Å²) in [6, 6.07) is 6.73. The number of phenolic OH excluding ortho intramolecular Hbond substituents is 1. The molecule has 0 amide bonds. The van der Waals surface area contributed by atoms with Gasteiger partial charge in [-0.1, -0.05) is 12.1 Å². The van der Waals surface area contributed by atoms with Gasteiger partial charge in [0.15, 0.2) is 5.78 Å². The Morgan fingerprint density at radius 3 is 2.88 bits per heavy atom. The van der Waals surface area contributed by atoms with Crippen molar-refractivity contribution in [1.82, 2.24) is 5.32 Å². The second kappa shape index (κ2) is 6.51. The molecule has 5 nitrogen and oxygen atoms in total. The standard InChI is InChI=1S/C19H21NO4/c1-3-24-19(23)16-11(2)20-14-8-5-9-15(22)18(14)17(16)12-6-4-7-13(21)10-12/h4,6-7,10,17,20-21H,3,5,8-9H2,1-2H3/t17-/m0/s1. The molecular weight excluding hydrogens is 306 g/mol. The van der Waals surface area contributed by atoms with Crippen LogP contribution in [0, 0.1) is 0 Å². The van der Waals surface area contributed by atoms with Gasteiger partial charge in [-0.15, -0.1) is 0 Å². The number of ether oxygens (including phenoxy) is 1. The highest BCUT2D eigenvalue weighted by atomic mass is 16.5. The molecule has 0 spiro atoms. The normalized spacial score (nSPS) is 20.6. The number of rotatable bonds is 3. The van der Waals surface area contributed by atoms with Crippen LogP contribution in [0.4, 0.5) is 0 Å². The van der Waals surface area contributed by atoms with Crippen molar-refractivity contribution in [2.45, 2.75) is 39.0 Å². The van der Waals surface area contributed by atoms with Gasteiger partial charge in [0.05, 0.1) is 12.2 Å². The first-order valence-electron chi connectivity index (χ1n) is 8.23. The van der Waals surface area contributed by atoms with Gasteiger partial charge in [0.1, 0.15) is 5.75 Å². The number of nitrogens with one attached hydrogen (secondary N) is 1. The van der Waals surface area contributed by atoms with E-state index in [9.17, 15) is 14.7 Å². The number of carbonyl (C=O) groups excluding carboxylic acids is 2. The van der Waals surface area contributed by atoms with Crippen LogP contribution in [0.1, 0.15) is 44.6 Å². The molecule has 1 atom stereocenters. The third kappa shape index (κ3) is 2.82. The smallest absolute Gasteiger partial charge is 0.336 e. The summed E-state index contributed by atoms with van der Waals surface area (Å²) < 4.78 is 5.22. The van der Waals surface area contributed by atoms with E-state index in [4.69, 9.17) is 4.74 Å². The van der Waals surface area contributed by atoms with E-state index >= 15 is 0 Å². The fourth-order valence-corrected chi connectivity index (χ4v) is 3.50. The van der Waals surface area contributed by atoms with Gasteiger partial charge >= 0.3 is 5.97 Å². The first-order valence-corrected chi connectivity index (χ1v) is 8.23. The molecule has 1 aliphatic carbocycles. The zero-order chi connectivity index (χ0) is 17.3. The van der Waals surface area contributed by atoms with E-state index in [0.717, 1.165) is 24.1 Å². The van der Waals surface area contributed by atoms with Crippen molar-refractivity contribution in [3.05, 3.63) is 52.4 Å². The Kier molecular flexibility index (Phi) is 4.42. The molecule has 0 saturated carbocycles. The molecule has 24 heavy (non-hydrogen) atoms. The van der Waals surface area contributed by atoms with Crippen LogP contribution in [0.5, 0.6) is 5.75 Å². The lowest BCUT2D eigenvalue weighted by Gasteiger charge is -2.34. The first kappa shape index (κ1) is 16.3. The topological polar surface area (TPSA) is 75.6 Å². The zero-order valence-corrected chi connectivity index (χ0v) is 13.9. The summed E-state index contributed by atoms with van der Waals surface area (Å²) in [6.45, 7) is 3.84. The number of benzene rings is 1. The summed E-state index contributed by atoms with van der Waals surface area (Å²) >= 11 is 0. The number of aromatic hydroxyl groups is 1. The third-order valence-electron chi connectivity index (χ3n) is 4.47. The maximum Gasteiger partial charge on any atom is 0.336 e. The number of hydrogen-bond acceptors (Lipinski definition) is 5. The highest BCUT2D eigenvalue weighted by Crippen LogP contribution is 2.42. The van der Waals surface area contributed by atoms with E-state index in [2.05, 4.69) is 5.32 Å². The van der Waals surface area contributed by atoms with Gasteiger partial charge in [0.25, 0.3) is 0 Å². The summed E-state index contributed by atoms with van der Waals surface area (Å²) in [4.78, 5) is 25.1. The number of carbonyl (C=O) groups is 2. The third-order valence-corrected chi connectivity index (χ3v) is 4.47. The Balaban J connectivity index is 2.17. The number of esters is 1. The largest absolute Gasteiger partial charge is 0.508 e. The maximum atomic E-state index is 12.6. The lowest BCUT2D eigenvalue weighted by molar-refractivity contribution is -0.138. The summed E-state index contributed by atoms with van der Waals surface area (Å²) in [5.41, 5.74) is 3.37. The molecule has 2 aliphatic rings. The predicted molar refractivity (Wildman–Crippen MR) is 89.2 cm³/mol. The van der Waals surface area contributed by atoms with Crippen molar-refractivity contribution in [3.8, 4) is 5.75 Å². The summed E-state index contributed by atoms with van der Waals surface area (Å²) in [5, 5.41) is 13.1. The second-order valence-electron chi connectivity index (χ2n) is 6.08. The van der Waals surface area contributed by atoms with Crippen molar-refractivity contribution in [2.75, 3.05) is 6.61 Å². The monoisotopic (exact) mass is 327 g/mol. The quantitative estimate of drug-likeness (QED) is 0.835. The van der Waals surface area contributed by atoms with Crippen LogP contribution in [0.3, 0.4) is 0 Å². The van der Waals surface area contributed by atoms with Gasteiger partial charge in [-0.3, -0.25) is 4.79 Å². The van der Waals surface area contributed by atoms with Crippen LogP contribution >= 0.6 is 0 Å². The average Bonchev–Trinajstić information content (AvgIpc) is 2.54. The van der Waals surface area contributed by atoms with Crippen LogP contribution in [0.25, 0.3) is 0 Å². The zero-order valence-electron chi connectivity index (χ0n) is 13.9. The van der Waals surface area contributed by atoms with Crippen LogP contribution in [-0.2, 0) is 14.3 Å².